The molecule has 414 valence electrons. The van der Waals surface area contributed by atoms with Crippen LogP contribution in [0.2, 0.25) is 0 Å². The molecule has 0 unspecified atom stereocenters. The van der Waals surface area contributed by atoms with Crippen LogP contribution in [0.15, 0.2) is 70.7 Å². The largest absolute Gasteiger partial charge is 0.507 e. The first-order valence-corrected chi connectivity index (χ1v) is 26.9. The number of rotatable bonds is 21. The van der Waals surface area contributed by atoms with Crippen LogP contribution in [-0.4, -0.2) is 136 Å². The van der Waals surface area contributed by atoms with Gasteiger partial charge < -0.3 is 55.9 Å². The summed E-state index contributed by atoms with van der Waals surface area (Å²) < 4.78 is 26.1. The number of aliphatic hydroxyl groups excluding tert-OH is 1. The Kier molecular flexibility index (Phi) is 17.3. The molecule has 7 amide bonds. The van der Waals surface area contributed by atoms with E-state index in [2.05, 4.69) is 36.7 Å². The van der Waals surface area contributed by atoms with E-state index in [9.17, 15) is 48.2 Å². The maximum Gasteiger partial charge on any atom is 0.273 e. The highest BCUT2D eigenvalue weighted by atomic mass is 32.1. The number of aromatic nitrogens is 2. The highest BCUT2D eigenvalue weighted by Gasteiger charge is 2.53. The minimum absolute atomic E-state index is 0.0318. The molecule has 1 aliphatic heterocycles. The number of fused-ring (bicyclic) bond motifs is 1. The molecule has 7 N–H and O–H groups in total. The van der Waals surface area contributed by atoms with Gasteiger partial charge in [-0.3, -0.25) is 33.6 Å². The number of amides is 7. The third kappa shape index (κ3) is 13.3. The normalized spacial score (nSPS) is 17.6. The molecule has 0 spiro atoms. The number of aliphatic hydroxyl groups is 1. The Labute approximate surface area is 454 Å². The number of phenols is 1. The van der Waals surface area contributed by atoms with Gasteiger partial charge in [0.25, 0.3) is 29.5 Å². The molecule has 1 saturated heterocycles. The van der Waals surface area contributed by atoms with E-state index in [1.807, 2.05) is 19.1 Å². The zero-order valence-corrected chi connectivity index (χ0v) is 45.3. The summed E-state index contributed by atoms with van der Waals surface area (Å²) in [6.07, 6.45) is 2.44. The summed E-state index contributed by atoms with van der Waals surface area (Å²) in [5, 5.41) is 39.3. The minimum Gasteiger partial charge on any atom is -0.507 e. The summed E-state index contributed by atoms with van der Waals surface area (Å²) in [5.74, 6) is -3.12. The van der Waals surface area contributed by atoms with E-state index in [0.29, 0.717) is 67.6 Å². The Bertz CT molecular complexity index is 3090. The number of hydrogen-bond acceptors (Lipinski definition) is 14. The summed E-state index contributed by atoms with van der Waals surface area (Å²) in [4.78, 5) is 100. The number of benzene rings is 3. The molecule has 5 aromatic rings. The van der Waals surface area contributed by atoms with Gasteiger partial charge in [-0.05, 0) is 104 Å². The van der Waals surface area contributed by atoms with Gasteiger partial charge in [0, 0.05) is 69.5 Å². The Morgan fingerprint density at radius 2 is 1.68 bits per heavy atom. The van der Waals surface area contributed by atoms with Crippen molar-refractivity contribution in [1.82, 2.24) is 46.5 Å². The van der Waals surface area contributed by atoms with Gasteiger partial charge >= 0.3 is 0 Å². The molecule has 2 aromatic heterocycles. The molecule has 4 atom stereocenters. The molecule has 2 aliphatic carbocycles. The van der Waals surface area contributed by atoms with Gasteiger partial charge in [0.1, 0.15) is 23.6 Å². The number of nitrogens with zero attached hydrogens (tertiary/aromatic N) is 4. The number of alkyl halides is 1. The fourth-order valence-electron chi connectivity index (χ4n) is 9.48. The van der Waals surface area contributed by atoms with Gasteiger partial charge in [-0.1, -0.05) is 50.2 Å². The number of likely N-dealkylation sites (tertiary alicyclic amines) is 1. The Morgan fingerprint density at radius 3 is 2.37 bits per heavy atom. The number of carbonyl (C=O) groups is 7. The number of aryl methyl sites for hydroxylation is 2. The van der Waals surface area contributed by atoms with Gasteiger partial charge in [-0.2, -0.15) is 0 Å². The molecule has 0 bridgehead atoms. The number of ether oxygens (including phenoxy) is 1. The van der Waals surface area contributed by atoms with Crippen LogP contribution in [0.3, 0.4) is 0 Å². The average Bonchev–Trinajstić information content (AvgIpc) is 3.88. The summed E-state index contributed by atoms with van der Waals surface area (Å²) >= 11 is 1.44. The maximum atomic E-state index is 14.7. The van der Waals surface area contributed by atoms with E-state index in [0.717, 1.165) is 27.3 Å². The zero-order valence-electron chi connectivity index (χ0n) is 44.5. The standard InChI is InChI=1S/C56H66FN9O11S/c1-31-47(78-30-61-31)34-11-13-36(27-60-51(72)42-25-37(67)28-66(42)53(74)48(55(2,3)4)63-54(75)56(57)18-19-56)44(24-34)76-29-46(69)58-20-8-7-9-21-59-49(70)35-12-10-32-15-17-40(39(32)22-35)62-50(71)41-26-45(77-64-41)33-14-16-38(43(68)23-33)52(73)65(5)6/h10-14,16,22-24,26,30,37,40,42,48,67-68H,7-9,15,17-21,25,27-29H2,1-6H3,(H,58,69)(H,59,70)(H,60,72)(H,62,71)(H,63,75)/t37-,40-,42+,48-/m1/s1. The smallest absolute Gasteiger partial charge is 0.273 e. The minimum atomic E-state index is -2.01. The Hall–Kier alpha value is -7.72. The predicted molar refractivity (Wildman–Crippen MR) is 286 cm³/mol. The highest BCUT2D eigenvalue weighted by Crippen LogP contribution is 2.41. The van der Waals surface area contributed by atoms with Crippen LogP contribution in [-0.2, 0) is 32.1 Å². The lowest BCUT2D eigenvalue weighted by Gasteiger charge is -2.35. The second-order valence-electron chi connectivity index (χ2n) is 21.4. The number of nitrogens with one attached hydrogen (secondary N) is 5. The van der Waals surface area contributed by atoms with Gasteiger partial charge in [0.2, 0.25) is 11.8 Å². The summed E-state index contributed by atoms with van der Waals surface area (Å²) in [5.41, 5.74) is 3.94. The van der Waals surface area contributed by atoms with Crippen LogP contribution < -0.4 is 31.3 Å². The number of halogens is 1. The fourth-order valence-corrected chi connectivity index (χ4v) is 10.3. The third-order valence-electron chi connectivity index (χ3n) is 14.1. The zero-order chi connectivity index (χ0) is 56.1. The second kappa shape index (κ2) is 23.9. The third-order valence-corrected chi connectivity index (χ3v) is 15.1. The topological polar surface area (TPSA) is 275 Å². The Morgan fingerprint density at radius 1 is 0.936 bits per heavy atom. The summed E-state index contributed by atoms with van der Waals surface area (Å²) in [6.45, 7) is 7.32. The van der Waals surface area contributed by atoms with Crippen molar-refractivity contribution < 1.29 is 57.4 Å². The molecular formula is C56H66FN9O11S. The first kappa shape index (κ1) is 56.5. The number of carbonyl (C=O) groups excluding carboxylic acids is 7. The van der Waals surface area contributed by atoms with E-state index in [1.165, 1.54) is 39.3 Å². The molecule has 3 aromatic carbocycles. The lowest BCUT2D eigenvalue weighted by molar-refractivity contribution is -0.145. The molecule has 3 aliphatic rings. The molecule has 0 radical (unpaired) electrons. The molecule has 78 heavy (non-hydrogen) atoms. The highest BCUT2D eigenvalue weighted by molar-refractivity contribution is 7.13. The van der Waals surface area contributed by atoms with Crippen LogP contribution in [0.1, 0.15) is 125 Å². The first-order valence-electron chi connectivity index (χ1n) is 26.0. The van der Waals surface area contributed by atoms with Crippen molar-refractivity contribution in [3.8, 4) is 33.3 Å². The lowest BCUT2D eigenvalue weighted by atomic mass is 9.85. The van der Waals surface area contributed by atoms with Crippen molar-refractivity contribution in [3.05, 3.63) is 105 Å². The van der Waals surface area contributed by atoms with Crippen molar-refractivity contribution in [3.63, 3.8) is 0 Å². The SMILES string of the molecule is Cc1ncsc1-c1ccc(CNC(=O)[C@@H]2C[C@@H](O)CN2C(=O)[C@@H](NC(=O)C2(F)CC2)C(C)(C)C)c(OCC(=O)NCCCCCNC(=O)c2ccc3c(c2)[C@H](NC(=O)c2cc(-c4ccc(C(=O)N(C)C)c(O)c4)on2)CC3)c1. The van der Waals surface area contributed by atoms with Crippen LogP contribution >= 0.6 is 11.3 Å². The van der Waals surface area contributed by atoms with Crippen molar-refractivity contribution in [2.45, 2.75) is 116 Å². The molecule has 2 fully saturated rings. The number of phenolic OH excluding ortho intramolecular Hbond substituents is 1. The lowest BCUT2D eigenvalue weighted by Crippen LogP contribution is -2.59. The van der Waals surface area contributed by atoms with Crippen molar-refractivity contribution in [2.24, 2.45) is 5.41 Å². The monoisotopic (exact) mass is 1090 g/mol. The van der Waals surface area contributed by atoms with Gasteiger partial charge in [-0.25, -0.2) is 9.37 Å². The van der Waals surface area contributed by atoms with Gasteiger partial charge in [-0.15, -0.1) is 11.3 Å². The van der Waals surface area contributed by atoms with Crippen molar-refractivity contribution in [2.75, 3.05) is 40.3 Å². The van der Waals surface area contributed by atoms with E-state index >= 15 is 0 Å². The summed E-state index contributed by atoms with van der Waals surface area (Å²) in [7, 11) is 3.16. The predicted octanol–water partition coefficient (Wildman–Crippen LogP) is 5.30. The van der Waals surface area contributed by atoms with E-state index < -0.39 is 52.9 Å². The number of aromatic hydroxyl groups is 1. The molecule has 20 nitrogen and oxygen atoms in total. The first-order chi connectivity index (χ1) is 37.1. The second-order valence-corrected chi connectivity index (χ2v) is 22.2. The van der Waals surface area contributed by atoms with E-state index in [1.54, 1.807) is 70.7 Å². The number of β-amino-alcohol motifs (C(OH)–C–C–N with tert-alkyl or cyclic N) is 1. The van der Waals surface area contributed by atoms with E-state index in [-0.39, 0.29) is 85.5 Å². The van der Waals surface area contributed by atoms with Crippen LogP contribution in [0.25, 0.3) is 21.8 Å². The van der Waals surface area contributed by atoms with Crippen molar-refractivity contribution >= 4 is 52.7 Å². The molecule has 8 rings (SSSR count). The quantitative estimate of drug-likeness (QED) is 0.0460. The number of hydrogen-bond donors (Lipinski definition) is 7. The van der Waals surface area contributed by atoms with Crippen LogP contribution in [0, 0.1) is 12.3 Å². The van der Waals surface area contributed by atoms with Crippen molar-refractivity contribution in [1.29, 1.82) is 0 Å². The molecule has 3 heterocycles. The molecule has 1 saturated carbocycles. The number of thiazole rings is 1. The summed E-state index contributed by atoms with van der Waals surface area (Å²) in [6, 6.07) is 14.2. The van der Waals surface area contributed by atoms with E-state index in [4.69, 9.17) is 9.26 Å². The van der Waals surface area contributed by atoms with Gasteiger partial charge in [0.15, 0.2) is 23.7 Å². The maximum absolute atomic E-state index is 14.7. The molecule has 22 heteroatoms. The molecular weight excluding hydrogens is 1030 g/mol. The Balaban J connectivity index is 0.783. The average molecular weight is 1090 g/mol. The number of unbranched alkanes of at least 4 members (excludes halogenated alkanes) is 2. The van der Waals surface area contributed by atoms with Crippen LogP contribution in [0.4, 0.5) is 4.39 Å². The van der Waals surface area contributed by atoms with Crippen LogP contribution in [0.5, 0.6) is 11.5 Å². The van der Waals surface area contributed by atoms with Gasteiger partial charge in [0.05, 0.1) is 33.8 Å². The fraction of sp³-hybridized carbons (Fsp3) is 0.446.